The number of benzene rings is 3. The van der Waals surface area contributed by atoms with Crippen molar-refractivity contribution < 1.29 is 9.59 Å². The van der Waals surface area contributed by atoms with E-state index in [4.69, 9.17) is 0 Å². The summed E-state index contributed by atoms with van der Waals surface area (Å²) in [6, 6.07) is 24.5. The van der Waals surface area contributed by atoms with Gasteiger partial charge in [0.1, 0.15) is 0 Å². The fourth-order valence-electron chi connectivity index (χ4n) is 5.11. The van der Waals surface area contributed by atoms with Crippen LogP contribution < -0.4 is 10.6 Å². The van der Waals surface area contributed by atoms with Crippen molar-refractivity contribution in [2.45, 2.75) is 12.5 Å². The third kappa shape index (κ3) is 5.01. The van der Waals surface area contributed by atoms with E-state index in [9.17, 15) is 9.59 Å². The highest BCUT2D eigenvalue weighted by Crippen LogP contribution is 2.30. The summed E-state index contributed by atoms with van der Waals surface area (Å²) < 4.78 is 0. The number of carbonyl (C=O) groups excluding carboxylic acids is 2. The molecule has 3 heterocycles. The molecule has 1 atom stereocenters. The third-order valence-corrected chi connectivity index (χ3v) is 7.22. The van der Waals surface area contributed by atoms with Crippen LogP contribution in [0.4, 0.5) is 0 Å². The number of nitrogens with zero attached hydrogens (tertiary/aromatic N) is 2. The molecule has 190 valence electrons. The van der Waals surface area contributed by atoms with Gasteiger partial charge in [-0.15, -0.1) is 0 Å². The van der Waals surface area contributed by atoms with Gasteiger partial charge in [0.05, 0.1) is 17.8 Å². The van der Waals surface area contributed by atoms with Crippen LogP contribution in [-0.2, 0) is 16.1 Å². The lowest BCUT2D eigenvalue weighted by Crippen LogP contribution is -2.47. The van der Waals surface area contributed by atoms with Crippen molar-refractivity contribution >= 4 is 40.9 Å². The third-order valence-electron chi connectivity index (χ3n) is 7.22. The van der Waals surface area contributed by atoms with Crippen LogP contribution in [0.25, 0.3) is 29.1 Å². The summed E-state index contributed by atoms with van der Waals surface area (Å²) in [6.45, 7) is 3.26. The predicted octanol–water partition coefficient (Wildman–Crippen LogP) is 3.96. The van der Waals surface area contributed by atoms with E-state index < -0.39 is 0 Å². The Morgan fingerprint density at radius 3 is 2.58 bits per heavy atom. The average molecular weight is 504 g/mol. The van der Waals surface area contributed by atoms with Gasteiger partial charge in [0.25, 0.3) is 0 Å². The molecule has 3 aromatic carbocycles. The largest absolute Gasteiger partial charge is 0.351 e. The van der Waals surface area contributed by atoms with Crippen LogP contribution in [0.2, 0.25) is 0 Å². The molecule has 7 nitrogen and oxygen atoms in total. The lowest BCUT2D eigenvalue weighted by Gasteiger charge is -2.27. The lowest BCUT2D eigenvalue weighted by atomic mass is 9.92. The number of hydrogen-bond acceptors (Lipinski definition) is 4. The van der Waals surface area contributed by atoms with Crippen molar-refractivity contribution in [1.29, 1.82) is 0 Å². The number of piperazine rings is 1. The van der Waals surface area contributed by atoms with Gasteiger partial charge < -0.3 is 15.5 Å². The molecule has 7 heteroatoms. The zero-order chi connectivity index (χ0) is 25.9. The van der Waals surface area contributed by atoms with Crippen molar-refractivity contribution in [2.24, 2.45) is 0 Å². The van der Waals surface area contributed by atoms with Gasteiger partial charge in [-0.05, 0) is 46.5 Å². The van der Waals surface area contributed by atoms with Crippen LogP contribution in [0.3, 0.4) is 0 Å². The highest BCUT2D eigenvalue weighted by atomic mass is 16.2. The van der Waals surface area contributed by atoms with Crippen LogP contribution in [-0.4, -0.2) is 53.1 Å². The summed E-state index contributed by atoms with van der Waals surface area (Å²) in [7, 11) is 0. The van der Waals surface area contributed by atoms with E-state index in [1.165, 1.54) is 0 Å². The quantitative estimate of drug-likeness (QED) is 0.348. The molecule has 3 N–H and O–H groups in total. The Bertz CT molecular complexity index is 1540. The van der Waals surface area contributed by atoms with E-state index in [0.717, 1.165) is 57.5 Å². The molecule has 1 aromatic heterocycles. The van der Waals surface area contributed by atoms with E-state index >= 15 is 0 Å². The highest BCUT2D eigenvalue weighted by molar-refractivity contribution is 6.02. The maximum absolute atomic E-state index is 12.6. The summed E-state index contributed by atoms with van der Waals surface area (Å²) in [5.74, 6) is 0.175. The predicted molar refractivity (Wildman–Crippen MR) is 150 cm³/mol. The molecule has 2 aliphatic rings. The van der Waals surface area contributed by atoms with Crippen LogP contribution >= 0.6 is 0 Å². The topological polar surface area (TPSA) is 90.1 Å². The number of fused-ring (bicyclic) bond motifs is 1. The summed E-state index contributed by atoms with van der Waals surface area (Å²) in [5.41, 5.74) is 6.84. The first-order valence-electron chi connectivity index (χ1n) is 12.9. The summed E-state index contributed by atoms with van der Waals surface area (Å²) >= 11 is 0. The van der Waals surface area contributed by atoms with E-state index in [2.05, 4.69) is 57.2 Å². The molecule has 0 bridgehead atoms. The van der Waals surface area contributed by atoms with Gasteiger partial charge in [0.2, 0.25) is 11.8 Å². The van der Waals surface area contributed by atoms with E-state index in [0.29, 0.717) is 19.6 Å². The maximum atomic E-state index is 12.6. The van der Waals surface area contributed by atoms with Gasteiger partial charge in [0, 0.05) is 43.1 Å². The Morgan fingerprint density at radius 2 is 1.76 bits per heavy atom. The molecule has 6 rings (SSSR count). The van der Waals surface area contributed by atoms with Gasteiger partial charge in [-0.2, -0.15) is 5.10 Å². The molecule has 0 saturated carbocycles. The van der Waals surface area contributed by atoms with Crippen molar-refractivity contribution in [3.8, 4) is 0 Å². The molecule has 2 saturated heterocycles. The first kappa shape index (κ1) is 23.9. The smallest absolute Gasteiger partial charge is 0.247 e. The van der Waals surface area contributed by atoms with Gasteiger partial charge in [0.15, 0.2) is 0 Å². The summed E-state index contributed by atoms with van der Waals surface area (Å²) in [6.07, 6.45) is 6.02. The second-order valence-corrected chi connectivity index (χ2v) is 9.75. The van der Waals surface area contributed by atoms with E-state index in [1.807, 2.05) is 59.5 Å². The van der Waals surface area contributed by atoms with Crippen molar-refractivity contribution in [3.05, 3.63) is 106 Å². The minimum absolute atomic E-state index is 0.0160. The normalized spacial score (nSPS) is 19.1. The number of rotatable bonds is 6. The molecule has 2 aliphatic heterocycles. The molecule has 0 radical (unpaired) electrons. The maximum Gasteiger partial charge on any atom is 0.247 e. The number of aromatic nitrogens is 2. The zero-order valence-corrected chi connectivity index (χ0v) is 21.0. The van der Waals surface area contributed by atoms with Gasteiger partial charge >= 0.3 is 0 Å². The SMILES string of the molecule is O=C1NCC(c2ccccc2)/C1=C\c1ccc2c(/C=C/c3ccc(CN4CCNCC4=O)cc3)n[nH]c2c1. The number of hydrogen-bond donors (Lipinski definition) is 3. The Morgan fingerprint density at radius 1 is 0.947 bits per heavy atom. The standard InChI is InChI=1S/C31H29N5O2/c37-30-19-32-14-15-36(30)20-22-8-6-21(7-9-22)11-13-28-25-12-10-23(17-29(25)35-34-28)16-26-27(18-33-31(26)38)24-4-2-1-3-5-24/h1-13,16-17,27,32H,14-15,18-20H2,(H,33,38)(H,34,35)/b13-11+,26-16+. The van der Waals surface area contributed by atoms with E-state index in [-0.39, 0.29) is 17.7 Å². The summed E-state index contributed by atoms with van der Waals surface area (Å²) in [5, 5.41) is 14.7. The molecule has 0 spiro atoms. The average Bonchev–Trinajstić information content (AvgIpc) is 3.52. The summed E-state index contributed by atoms with van der Waals surface area (Å²) in [4.78, 5) is 26.5. The highest BCUT2D eigenvalue weighted by Gasteiger charge is 2.29. The van der Waals surface area contributed by atoms with Crippen LogP contribution in [0.15, 0.2) is 78.4 Å². The van der Waals surface area contributed by atoms with Crippen LogP contribution in [0.1, 0.15) is 33.9 Å². The van der Waals surface area contributed by atoms with Gasteiger partial charge in [-0.3, -0.25) is 14.7 Å². The molecule has 2 fully saturated rings. The first-order valence-corrected chi connectivity index (χ1v) is 12.9. The Labute approximate surface area is 221 Å². The Balaban J connectivity index is 1.17. The number of carbonyl (C=O) groups is 2. The van der Waals surface area contributed by atoms with Crippen LogP contribution in [0, 0.1) is 0 Å². The Kier molecular flexibility index (Phi) is 6.58. The van der Waals surface area contributed by atoms with Crippen LogP contribution in [0.5, 0.6) is 0 Å². The molecular weight excluding hydrogens is 474 g/mol. The lowest BCUT2D eigenvalue weighted by molar-refractivity contribution is -0.132. The second-order valence-electron chi connectivity index (χ2n) is 9.75. The second kappa shape index (κ2) is 10.5. The Hall–Kier alpha value is -4.49. The molecule has 1 unspecified atom stereocenters. The number of H-pyrrole nitrogens is 1. The molecule has 2 amide bonds. The molecule has 4 aromatic rings. The number of amides is 2. The first-order chi connectivity index (χ1) is 18.6. The van der Waals surface area contributed by atoms with Crippen molar-refractivity contribution in [1.82, 2.24) is 25.7 Å². The van der Waals surface area contributed by atoms with Crippen molar-refractivity contribution in [2.75, 3.05) is 26.2 Å². The fraction of sp³-hybridized carbons (Fsp3) is 0.194. The minimum atomic E-state index is -0.0160. The minimum Gasteiger partial charge on any atom is -0.351 e. The zero-order valence-electron chi connectivity index (χ0n) is 21.0. The van der Waals surface area contributed by atoms with Gasteiger partial charge in [-0.1, -0.05) is 66.7 Å². The molecular formula is C31H29N5O2. The molecule has 0 aliphatic carbocycles. The van der Waals surface area contributed by atoms with E-state index in [1.54, 1.807) is 0 Å². The van der Waals surface area contributed by atoms with Gasteiger partial charge in [-0.25, -0.2) is 0 Å². The number of nitrogens with one attached hydrogen (secondary N) is 3. The number of aromatic amines is 1. The van der Waals surface area contributed by atoms with Crippen molar-refractivity contribution in [3.63, 3.8) is 0 Å². The fourth-order valence-corrected chi connectivity index (χ4v) is 5.11. The molecule has 38 heavy (non-hydrogen) atoms. The monoisotopic (exact) mass is 503 g/mol.